The zero-order valence-electron chi connectivity index (χ0n) is 18.2. The smallest absolute Gasteiger partial charge is 0.282 e. The average molecular weight is 422 g/mol. The van der Waals surface area contributed by atoms with E-state index < -0.39 is 0 Å². The zero-order chi connectivity index (χ0) is 22.1. The topological polar surface area (TPSA) is 68.3 Å². The van der Waals surface area contributed by atoms with E-state index in [1.165, 1.54) is 4.90 Å². The molecule has 2 aromatic rings. The molecule has 7 heteroatoms. The van der Waals surface area contributed by atoms with Crippen LogP contribution in [0.5, 0.6) is 11.5 Å². The third-order valence-electron chi connectivity index (χ3n) is 5.52. The predicted molar refractivity (Wildman–Crippen MR) is 117 cm³/mol. The molecule has 0 N–H and O–H groups in total. The number of carbonyl (C=O) groups excluding carboxylic acids is 2. The van der Waals surface area contributed by atoms with Crippen molar-refractivity contribution in [1.29, 1.82) is 0 Å². The van der Waals surface area contributed by atoms with Gasteiger partial charge < -0.3 is 19.1 Å². The van der Waals surface area contributed by atoms with Gasteiger partial charge in [0.15, 0.2) is 11.5 Å². The summed E-state index contributed by atoms with van der Waals surface area (Å²) in [5.41, 5.74) is 3.94. The molecule has 162 valence electrons. The minimum Gasteiger partial charge on any atom is -0.493 e. The first-order valence-electron chi connectivity index (χ1n) is 10.2. The molecule has 0 saturated carbocycles. The molecule has 4 rings (SSSR count). The first kappa shape index (κ1) is 20.9. The minimum atomic E-state index is -0.344. The van der Waals surface area contributed by atoms with Gasteiger partial charge in [-0.3, -0.25) is 9.59 Å². The van der Waals surface area contributed by atoms with Crippen LogP contribution < -0.4 is 14.4 Å². The van der Waals surface area contributed by atoms with Crippen LogP contribution in [0, 0.1) is 13.8 Å². The molecule has 2 aliphatic rings. The lowest BCUT2D eigenvalue weighted by atomic mass is 10.0. The van der Waals surface area contributed by atoms with Gasteiger partial charge in [0.2, 0.25) is 0 Å². The number of methoxy groups -OCH3 is 2. The zero-order valence-corrected chi connectivity index (χ0v) is 18.2. The summed E-state index contributed by atoms with van der Waals surface area (Å²) in [5, 5.41) is 0. The van der Waals surface area contributed by atoms with Gasteiger partial charge in [0, 0.05) is 13.1 Å². The van der Waals surface area contributed by atoms with Crippen molar-refractivity contribution in [2.24, 2.45) is 0 Å². The third-order valence-corrected chi connectivity index (χ3v) is 5.52. The Labute approximate surface area is 181 Å². The normalized spacial score (nSPS) is 16.9. The summed E-state index contributed by atoms with van der Waals surface area (Å²) >= 11 is 0. The summed E-state index contributed by atoms with van der Waals surface area (Å²) < 4.78 is 16.2. The highest BCUT2D eigenvalue weighted by Gasteiger charge is 2.43. The number of morpholine rings is 1. The Morgan fingerprint density at radius 3 is 2.10 bits per heavy atom. The highest BCUT2D eigenvalue weighted by atomic mass is 16.5. The van der Waals surface area contributed by atoms with Crippen molar-refractivity contribution in [1.82, 2.24) is 4.90 Å². The quantitative estimate of drug-likeness (QED) is 0.691. The Bertz CT molecular complexity index is 1050. The molecule has 0 bridgehead atoms. The summed E-state index contributed by atoms with van der Waals surface area (Å²) in [6.45, 7) is 6.01. The molecule has 2 amide bonds. The fourth-order valence-corrected chi connectivity index (χ4v) is 4.16. The van der Waals surface area contributed by atoms with Crippen molar-refractivity contribution in [3.05, 3.63) is 58.8 Å². The van der Waals surface area contributed by atoms with Crippen LogP contribution in [0.3, 0.4) is 0 Å². The third kappa shape index (κ3) is 3.77. The molecule has 1 saturated heterocycles. The number of ether oxygens (including phenoxy) is 3. The van der Waals surface area contributed by atoms with E-state index in [0.717, 1.165) is 11.1 Å². The van der Waals surface area contributed by atoms with E-state index in [-0.39, 0.29) is 11.8 Å². The van der Waals surface area contributed by atoms with Crippen LogP contribution >= 0.6 is 0 Å². The molecular formula is C24H26N2O5. The standard InChI is InChI=1S/C24H26N2O5/c1-15-11-16(2)13-18(12-15)26-23(27)21(17-5-6-19(29-3)20(14-17)30-4)22(24(26)28)25-7-9-31-10-8-25/h5-6,11-14H,7-10H2,1-4H3. The Kier molecular flexibility index (Phi) is 5.69. The van der Waals surface area contributed by atoms with Crippen molar-refractivity contribution in [3.8, 4) is 11.5 Å². The van der Waals surface area contributed by atoms with Gasteiger partial charge in [-0.1, -0.05) is 12.1 Å². The van der Waals surface area contributed by atoms with Gasteiger partial charge in [-0.15, -0.1) is 0 Å². The average Bonchev–Trinajstić information content (AvgIpc) is 3.03. The molecule has 0 spiro atoms. The van der Waals surface area contributed by atoms with Crippen molar-refractivity contribution in [2.45, 2.75) is 13.8 Å². The number of anilines is 1. The SMILES string of the molecule is COc1ccc(C2=C(N3CCOCC3)C(=O)N(c3cc(C)cc(C)c3)C2=O)cc1OC. The van der Waals surface area contributed by atoms with Crippen LogP contribution in [-0.4, -0.2) is 57.2 Å². The maximum Gasteiger partial charge on any atom is 0.282 e. The number of hydrogen-bond acceptors (Lipinski definition) is 6. The first-order chi connectivity index (χ1) is 14.9. The Morgan fingerprint density at radius 1 is 0.839 bits per heavy atom. The van der Waals surface area contributed by atoms with Crippen LogP contribution in [0.2, 0.25) is 0 Å². The maximum atomic E-state index is 13.7. The van der Waals surface area contributed by atoms with Gasteiger partial charge in [-0.2, -0.15) is 0 Å². The summed E-state index contributed by atoms with van der Waals surface area (Å²) in [7, 11) is 3.10. The number of imide groups is 1. The lowest BCUT2D eigenvalue weighted by Crippen LogP contribution is -2.40. The number of benzene rings is 2. The number of carbonyl (C=O) groups is 2. The van der Waals surface area contributed by atoms with Crippen molar-refractivity contribution < 1.29 is 23.8 Å². The second-order valence-corrected chi connectivity index (χ2v) is 7.68. The van der Waals surface area contributed by atoms with E-state index in [1.807, 2.05) is 36.9 Å². The van der Waals surface area contributed by atoms with Gasteiger partial charge in [0.05, 0.1) is 38.7 Å². The molecule has 0 unspecified atom stereocenters. The molecule has 2 aromatic carbocycles. The number of hydrogen-bond donors (Lipinski definition) is 0. The van der Waals surface area contributed by atoms with Gasteiger partial charge in [0.25, 0.3) is 11.8 Å². The van der Waals surface area contributed by atoms with Gasteiger partial charge in [-0.05, 0) is 54.8 Å². The number of amides is 2. The van der Waals surface area contributed by atoms with E-state index in [1.54, 1.807) is 32.4 Å². The summed E-state index contributed by atoms with van der Waals surface area (Å²) in [6, 6.07) is 11.0. The van der Waals surface area contributed by atoms with Crippen molar-refractivity contribution >= 4 is 23.1 Å². The second-order valence-electron chi connectivity index (χ2n) is 7.68. The maximum absolute atomic E-state index is 13.7. The van der Waals surface area contributed by atoms with E-state index in [9.17, 15) is 9.59 Å². The molecule has 0 radical (unpaired) electrons. The van der Waals surface area contributed by atoms with Gasteiger partial charge >= 0.3 is 0 Å². The summed E-state index contributed by atoms with van der Waals surface area (Å²) in [6.07, 6.45) is 0. The van der Waals surface area contributed by atoms with E-state index in [4.69, 9.17) is 14.2 Å². The highest BCUT2D eigenvalue weighted by Crippen LogP contribution is 2.38. The number of nitrogens with zero attached hydrogens (tertiary/aromatic N) is 2. The van der Waals surface area contributed by atoms with E-state index in [2.05, 4.69) is 0 Å². The molecular weight excluding hydrogens is 396 g/mol. The number of rotatable bonds is 5. The molecule has 2 aliphatic heterocycles. The second kappa shape index (κ2) is 8.43. The van der Waals surface area contributed by atoms with Crippen LogP contribution in [0.15, 0.2) is 42.1 Å². The van der Waals surface area contributed by atoms with Crippen LogP contribution in [0.1, 0.15) is 16.7 Å². The molecule has 7 nitrogen and oxygen atoms in total. The lowest BCUT2D eigenvalue weighted by molar-refractivity contribution is -0.121. The fraction of sp³-hybridized carbons (Fsp3) is 0.333. The monoisotopic (exact) mass is 422 g/mol. The Morgan fingerprint density at radius 2 is 1.48 bits per heavy atom. The van der Waals surface area contributed by atoms with Crippen LogP contribution in [0.25, 0.3) is 5.57 Å². The minimum absolute atomic E-state index is 0.318. The number of aryl methyl sites for hydroxylation is 2. The van der Waals surface area contributed by atoms with E-state index in [0.29, 0.717) is 60.3 Å². The molecule has 0 aromatic heterocycles. The summed E-state index contributed by atoms with van der Waals surface area (Å²) in [5.74, 6) is 0.395. The Balaban J connectivity index is 1.86. The molecule has 2 heterocycles. The fourth-order valence-electron chi connectivity index (χ4n) is 4.16. The van der Waals surface area contributed by atoms with Crippen LogP contribution in [0.4, 0.5) is 5.69 Å². The largest absolute Gasteiger partial charge is 0.493 e. The lowest BCUT2D eigenvalue weighted by Gasteiger charge is -2.29. The predicted octanol–water partition coefficient (Wildman–Crippen LogP) is 2.94. The van der Waals surface area contributed by atoms with Crippen molar-refractivity contribution in [2.75, 3.05) is 45.4 Å². The molecule has 0 aliphatic carbocycles. The Hall–Kier alpha value is -3.32. The molecule has 0 atom stereocenters. The summed E-state index contributed by atoms with van der Waals surface area (Å²) in [4.78, 5) is 30.5. The molecule has 1 fully saturated rings. The van der Waals surface area contributed by atoms with Crippen LogP contribution in [-0.2, 0) is 14.3 Å². The van der Waals surface area contributed by atoms with Gasteiger partial charge in [0.1, 0.15) is 5.70 Å². The van der Waals surface area contributed by atoms with E-state index >= 15 is 0 Å². The highest BCUT2D eigenvalue weighted by molar-refractivity contribution is 6.45. The van der Waals surface area contributed by atoms with Crippen molar-refractivity contribution in [3.63, 3.8) is 0 Å². The first-order valence-corrected chi connectivity index (χ1v) is 10.2. The molecule has 31 heavy (non-hydrogen) atoms. The van der Waals surface area contributed by atoms with Gasteiger partial charge in [-0.25, -0.2) is 4.90 Å².